The summed E-state index contributed by atoms with van der Waals surface area (Å²) in [5.74, 6) is -1.24. The zero-order valence-electron chi connectivity index (χ0n) is 10.5. The lowest BCUT2D eigenvalue weighted by atomic mass is 10.1. The molecule has 0 aliphatic carbocycles. The van der Waals surface area contributed by atoms with Gasteiger partial charge in [0.2, 0.25) is 0 Å². The number of carbonyl (C=O) groups excluding carboxylic acids is 1. The first-order valence-corrected chi connectivity index (χ1v) is 7.60. The van der Waals surface area contributed by atoms with Gasteiger partial charge in [0.15, 0.2) is 0 Å². The molecule has 0 spiro atoms. The second kappa shape index (κ2) is 5.92. The van der Waals surface area contributed by atoms with E-state index in [-0.39, 0.29) is 6.03 Å². The van der Waals surface area contributed by atoms with Crippen LogP contribution in [0.1, 0.15) is 11.3 Å². The lowest BCUT2D eigenvalue weighted by Crippen LogP contribution is -2.39. The Labute approximate surface area is 123 Å². The molecule has 1 aromatic rings. The molecule has 1 N–H and O–H groups in total. The number of halogens is 1. The summed E-state index contributed by atoms with van der Waals surface area (Å²) >= 11 is 4.97. The van der Waals surface area contributed by atoms with E-state index in [1.54, 1.807) is 28.2 Å². The molecule has 5 nitrogen and oxygen atoms in total. The summed E-state index contributed by atoms with van der Waals surface area (Å²) in [5, 5.41) is 10.9. The average Bonchev–Trinajstić information content (AvgIpc) is 2.97. The van der Waals surface area contributed by atoms with Gasteiger partial charge in [0.05, 0.1) is 12.5 Å². The monoisotopic (exact) mass is 346 g/mol. The Balaban J connectivity index is 1.91. The molecule has 1 unspecified atom stereocenters. The first-order valence-electron chi connectivity index (χ1n) is 5.93. The van der Waals surface area contributed by atoms with E-state index < -0.39 is 11.9 Å². The van der Waals surface area contributed by atoms with Gasteiger partial charge in [-0.2, -0.15) is 0 Å². The second-order valence-electron chi connectivity index (χ2n) is 4.64. The van der Waals surface area contributed by atoms with E-state index in [9.17, 15) is 9.59 Å². The summed E-state index contributed by atoms with van der Waals surface area (Å²) in [6.07, 6.45) is 0.541. The highest BCUT2D eigenvalue weighted by Crippen LogP contribution is 2.22. The molecule has 1 aliphatic rings. The van der Waals surface area contributed by atoms with Gasteiger partial charge in [0, 0.05) is 34.9 Å². The summed E-state index contributed by atoms with van der Waals surface area (Å²) < 4.78 is 1.01. The Bertz CT molecular complexity index is 491. The van der Waals surface area contributed by atoms with Gasteiger partial charge in [0.1, 0.15) is 0 Å². The van der Waals surface area contributed by atoms with Gasteiger partial charge < -0.3 is 14.9 Å². The van der Waals surface area contributed by atoms with Crippen molar-refractivity contribution in [2.24, 2.45) is 5.92 Å². The molecule has 1 aliphatic heterocycles. The normalized spacial score (nSPS) is 18.6. The molecular weight excluding hydrogens is 332 g/mol. The van der Waals surface area contributed by atoms with Crippen LogP contribution < -0.4 is 0 Å². The summed E-state index contributed by atoms with van der Waals surface area (Å²) in [6.45, 7) is 1.38. The zero-order chi connectivity index (χ0) is 14.0. The minimum absolute atomic E-state index is 0.103. The van der Waals surface area contributed by atoms with Gasteiger partial charge >= 0.3 is 12.0 Å². The smallest absolute Gasteiger partial charge is 0.320 e. The number of aliphatic carboxylic acids is 1. The maximum absolute atomic E-state index is 12.2. The van der Waals surface area contributed by atoms with Crippen LogP contribution >= 0.6 is 27.3 Å². The van der Waals surface area contributed by atoms with Crippen molar-refractivity contribution in [3.8, 4) is 0 Å². The molecule has 104 valence electrons. The second-order valence-corrected chi connectivity index (χ2v) is 6.55. The molecule has 2 rings (SSSR count). The van der Waals surface area contributed by atoms with Crippen molar-refractivity contribution in [3.05, 3.63) is 20.8 Å². The number of nitrogens with zero attached hydrogens (tertiary/aromatic N) is 2. The number of urea groups is 1. The lowest BCUT2D eigenvalue weighted by Gasteiger charge is -2.24. The average molecular weight is 347 g/mol. The van der Waals surface area contributed by atoms with E-state index in [1.165, 1.54) is 0 Å². The number of hydrogen-bond acceptors (Lipinski definition) is 3. The fraction of sp³-hybridized carbons (Fsp3) is 0.500. The molecule has 2 heterocycles. The van der Waals surface area contributed by atoms with Crippen LogP contribution in [-0.2, 0) is 11.3 Å². The Hall–Kier alpha value is -1.08. The van der Waals surface area contributed by atoms with Crippen molar-refractivity contribution >= 4 is 39.3 Å². The topological polar surface area (TPSA) is 60.9 Å². The number of rotatable bonds is 3. The Morgan fingerprint density at radius 3 is 2.89 bits per heavy atom. The zero-order valence-corrected chi connectivity index (χ0v) is 12.9. The number of carbonyl (C=O) groups is 2. The number of carboxylic acid groups (broad SMARTS) is 1. The van der Waals surface area contributed by atoms with Crippen LogP contribution in [0.25, 0.3) is 0 Å². The van der Waals surface area contributed by atoms with Crippen LogP contribution in [0.15, 0.2) is 15.9 Å². The van der Waals surface area contributed by atoms with Crippen molar-refractivity contribution in [2.45, 2.75) is 13.0 Å². The molecule has 1 saturated heterocycles. The lowest BCUT2D eigenvalue weighted by molar-refractivity contribution is -0.141. The molecule has 1 aromatic heterocycles. The number of likely N-dealkylation sites (tertiary alicyclic amines) is 1. The number of amides is 2. The summed E-state index contributed by atoms with van der Waals surface area (Å²) in [4.78, 5) is 27.4. The van der Waals surface area contributed by atoms with E-state index in [4.69, 9.17) is 5.11 Å². The first kappa shape index (κ1) is 14.3. The van der Waals surface area contributed by atoms with E-state index in [2.05, 4.69) is 15.9 Å². The van der Waals surface area contributed by atoms with E-state index >= 15 is 0 Å². The van der Waals surface area contributed by atoms with Crippen molar-refractivity contribution in [1.82, 2.24) is 9.80 Å². The van der Waals surface area contributed by atoms with Crippen molar-refractivity contribution in [1.29, 1.82) is 0 Å². The number of hydrogen-bond donors (Lipinski definition) is 1. The van der Waals surface area contributed by atoms with Gasteiger partial charge in [-0.15, -0.1) is 11.3 Å². The van der Waals surface area contributed by atoms with E-state index in [0.717, 1.165) is 9.35 Å². The molecule has 19 heavy (non-hydrogen) atoms. The summed E-state index contributed by atoms with van der Waals surface area (Å²) in [5.41, 5.74) is 0. The van der Waals surface area contributed by atoms with Gasteiger partial charge in [-0.05, 0) is 28.4 Å². The molecule has 7 heteroatoms. The molecule has 0 saturated carbocycles. The van der Waals surface area contributed by atoms with Crippen LogP contribution in [0.5, 0.6) is 0 Å². The van der Waals surface area contributed by atoms with Crippen molar-refractivity contribution < 1.29 is 14.7 Å². The van der Waals surface area contributed by atoms with E-state index in [1.807, 2.05) is 11.4 Å². The third-order valence-electron chi connectivity index (χ3n) is 3.15. The van der Waals surface area contributed by atoms with Crippen LogP contribution in [0.3, 0.4) is 0 Å². The van der Waals surface area contributed by atoms with Gasteiger partial charge in [0.25, 0.3) is 0 Å². The Morgan fingerprint density at radius 1 is 1.63 bits per heavy atom. The fourth-order valence-electron chi connectivity index (χ4n) is 2.12. The molecule has 0 aromatic carbocycles. The van der Waals surface area contributed by atoms with Gasteiger partial charge in [-0.25, -0.2) is 4.79 Å². The Kier molecular flexibility index (Phi) is 4.46. The van der Waals surface area contributed by atoms with Crippen LogP contribution in [0.4, 0.5) is 4.79 Å². The minimum atomic E-state index is -0.819. The summed E-state index contributed by atoms with van der Waals surface area (Å²) in [7, 11) is 1.74. The Morgan fingerprint density at radius 2 is 2.37 bits per heavy atom. The SMILES string of the molecule is CN(Cc1cc(Br)cs1)C(=O)N1CCC(C(=O)O)C1. The van der Waals surface area contributed by atoms with Crippen LogP contribution in [0.2, 0.25) is 0 Å². The number of thiophene rings is 1. The number of carboxylic acids is 1. The predicted octanol–water partition coefficient (Wildman–Crippen LogP) is 2.47. The highest BCUT2D eigenvalue weighted by molar-refractivity contribution is 9.10. The maximum atomic E-state index is 12.2. The summed E-state index contributed by atoms with van der Waals surface area (Å²) in [6, 6.07) is 1.88. The van der Waals surface area contributed by atoms with Crippen LogP contribution in [0, 0.1) is 5.92 Å². The largest absolute Gasteiger partial charge is 0.481 e. The maximum Gasteiger partial charge on any atom is 0.320 e. The standard InChI is InChI=1S/C12H15BrN2O3S/c1-14(6-10-4-9(13)7-19-10)12(18)15-3-2-8(5-15)11(16)17/h4,7-8H,2-3,5-6H2,1H3,(H,16,17). The third-order valence-corrected chi connectivity index (χ3v) is 4.83. The fourth-order valence-corrected chi connectivity index (χ4v) is 3.62. The van der Waals surface area contributed by atoms with Crippen LogP contribution in [-0.4, -0.2) is 47.0 Å². The third kappa shape index (κ3) is 3.48. The quantitative estimate of drug-likeness (QED) is 0.914. The molecule has 0 bridgehead atoms. The van der Waals surface area contributed by atoms with Gasteiger partial charge in [-0.3, -0.25) is 4.79 Å². The van der Waals surface area contributed by atoms with Gasteiger partial charge in [-0.1, -0.05) is 0 Å². The van der Waals surface area contributed by atoms with Crippen molar-refractivity contribution in [3.63, 3.8) is 0 Å². The predicted molar refractivity (Wildman–Crippen MR) is 76.2 cm³/mol. The highest BCUT2D eigenvalue weighted by Gasteiger charge is 2.32. The molecule has 1 atom stereocenters. The highest BCUT2D eigenvalue weighted by atomic mass is 79.9. The molecule has 2 amide bonds. The molecule has 1 fully saturated rings. The molecule has 0 radical (unpaired) electrons. The van der Waals surface area contributed by atoms with E-state index in [0.29, 0.717) is 26.1 Å². The molecular formula is C12H15BrN2O3S. The van der Waals surface area contributed by atoms with Crippen molar-refractivity contribution in [2.75, 3.05) is 20.1 Å². The first-order chi connectivity index (χ1) is 8.97. The minimum Gasteiger partial charge on any atom is -0.481 e.